The van der Waals surface area contributed by atoms with Gasteiger partial charge in [0.2, 0.25) is 0 Å². The molecule has 4 nitrogen and oxygen atoms in total. The molecule has 102 valence electrons. The molecule has 0 rings (SSSR count). The van der Waals surface area contributed by atoms with E-state index >= 15 is 0 Å². The van der Waals surface area contributed by atoms with Crippen molar-refractivity contribution < 1.29 is 19.4 Å². The van der Waals surface area contributed by atoms with Crippen molar-refractivity contribution in [1.29, 1.82) is 0 Å². The van der Waals surface area contributed by atoms with E-state index in [1.807, 2.05) is 6.92 Å². The number of ether oxygens (including phenoxy) is 1. The molecule has 0 aliphatic carbocycles. The summed E-state index contributed by atoms with van der Waals surface area (Å²) >= 11 is 0. The minimum absolute atomic E-state index is 0.184. The maximum absolute atomic E-state index is 11.7. The van der Waals surface area contributed by atoms with Crippen LogP contribution in [0.25, 0.3) is 0 Å². The number of hydrogen-bond donors (Lipinski definition) is 1. The largest absolute Gasteiger partial charge is 0.393 e. The summed E-state index contributed by atoms with van der Waals surface area (Å²) in [5.74, 6) is -1.38. The fourth-order valence-corrected chi connectivity index (χ4v) is 1.49. The van der Waals surface area contributed by atoms with Gasteiger partial charge in [-0.1, -0.05) is 25.5 Å². The Hall–Kier alpha value is -1.42. The van der Waals surface area contributed by atoms with E-state index in [2.05, 4.69) is 11.3 Å². The molecule has 0 saturated heterocycles. The zero-order valence-corrected chi connectivity index (χ0v) is 11.6. The van der Waals surface area contributed by atoms with Gasteiger partial charge in [0, 0.05) is 11.1 Å². The predicted molar refractivity (Wildman–Crippen MR) is 69.8 cm³/mol. The molecule has 1 unspecified atom stereocenters. The molecule has 18 heavy (non-hydrogen) atoms. The summed E-state index contributed by atoms with van der Waals surface area (Å²) < 4.78 is 4.67. The van der Waals surface area contributed by atoms with Gasteiger partial charge in [-0.15, -0.1) is 0 Å². The van der Waals surface area contributed by atoms with Crippen LogP contribution in [0.5, 0.6) is 0 Å². The van der Waals surface area contributed by atoms with Crippen LogP contribution in [0.3, 0.4) is 0 Å². The van der Waals surface area contributed by atoms with E-state index in [4.69, 9.17) is 0 Å². The highest BCUT2D eigenvalue weighted by molar-refractivity contribution is 6.01. The molecule has 0 aromatic heterocycles. The number of rotatable bonds is 6. The van der Waals surface area contributed by atoms with Crippen LogP contribution in [0.15, 0.2) is 23.3 Å². The van der Waals surface area contributed by atoms with Crippen LogP contribution in [-0.2, 0) is 14.3 Å². The lowest BCUT2D eigenvalue weighted by Crippen LogP contribution is -2.16. The summed E-state index contributed by atoms with van der Waals surface area (Å²) in [7, 11) is 0. The monoisotopic (exact) mass is 254 g/mol. The van der Waals surface area contributed by atoms with E-state index in [9.17, 15) is 14.7 Å². The Labute approximate surface area is 108 Å². The van der Waals surface area contributed by atoms with Gasteiger partial charge in [-0.3, -0.25) is 0 Å². The Morgan fingerprint density at radius 2 is 1.83 bits per heavy atom. The van der Waals surface area contributed by atoms with E-state index in [0.717, 1.165) is 12.0 Å². The number of hydrogen-bond acceptors (Lipinski definition) is 4. The van der Waals surface area contributed by atoms with Crippen molar-refractivity contribution in [2.75, 3.05) is 0 Å². The first-order valence-corrected chi connectivity index (χ1v) is 6.08. The first-order chi connectivity index (χ1) is 8.29. The third-order valence-electron chi connectivity index (χ3n) is 2.46. The first kappa shape index (κ1) is 16.6. The van der Waals surface area contributed by atoms with Crippen LogP contribution in [-0.4, -0.2) is 23.1 Å². The molecule has 0 heterocycles. The molecule has 0 amide bonds. The molecule has 0 aromatic rings. The van der Waals surface area contributed by atoms with Crippen molar-refractivity contribution in [2.24, 2.45) is 0 Å². The third kappa shape index (κ3) is 5.77. The lowest BCUT2D eigenvalue weighted by Gasteiger charge is -2.12. The zero-order valence-electron chi connectivity index (χ0n) is 11.6. The van der Waals surface area contributed by atoms with Crippen LogP contribution < -0.4 is 0 Å². The highest BCUT2D eigenvalue weighted by Gasteiger charge is 2.17. The molecular formula is C14H22O4. The zero-order chi connectivity index (χ0) is 14.3. The molecule has 0 radical (unpaired) electrons. The summed E-state index contributed by atoms with van der Waals surface area (Å²) in [6, 6.07) is 0. The normalized spacial score (nSPS) is 13.6. The van der Waals surface area contributed by atoms with E-state index in [1.54, 1.807) is 13.8 Å². The average molecular weight is 254 g/mol. The van der Waals surface area contributed by atoms with Crippen molar-refractivity contribution in [1.82, 2.24) is 0 Å². The van der Waals surface area contributed by atoms with Gasteiger partial charge in [-0.25, -0.2) is 9.59 Å². The van der Waals surface area contributed by atoms with Crippen LogP contribution >= 0.6 is 0 Å². The second-order valence-corrected chi connectivity index (χ2v) is 4.49. The molecular weight excluding hydrogens is 232 g/mol. The Kier molecular flexibility index (Phi) is 7.20. The van der Waals surface area contributed by atoms with Crippen LogP contribution in [0, 0.1) is 0 Å². The minimum atomic E-state index is -0.716. The van der Waals surface area contributed by atoms with Gasteiger partial charge < -0.3 is 9.84 Å². The first-order valence-electron chi connectivity index (χ1n) is 6.08. The summed E-state index contributed by atoms with van der Waals surface area (Å²) in [4.78, 5) is 23.0. The third-order valence-corrected chi connectivity index (χ3v) is 2.46. The van der Waals surface area contributed by atoms with Crippen molar-refractivity contribution in [2.45, 2.75) is 53.1 Å². The lowest BCUT2D eigenvalue weighted by atomic mass is 9.99. The smallest absolute Gasteiger partial charge is 0.341 e. The Morgan fingerprint density at radius 3 is 2.22 bits per heavy atom. The highest BCUT2D eigenvalue weighted by atomic mass is 16.6. The maximum Gasteiger partial charge on any atom is 0.341 e. The fourth-order valence-electron chi connectivity index (χ4n) is 1.49. The second kappa shape index (κ2) is 7.82. The summed E-state index contributed by atoms with van der Waals surface area (Å²) in [5.41, 5.74) is 1.41. The Balaban J connectivity index is 4.90. The van der Waals surface area contributed by atoms with Gasteiger partial charge >= 0.3 is 11.9 Å². The van der Waals surface area contributed by atoms with Crippen molar-refractivity contribution in [3.63, 3.8) is 0 Å². The second-order valence-electron chi connectivity index (χ2n) is 4.49. The molecule has 0 aromatic carbocycles. The standard InChI is InChI=1S/C14H22O4/c1-6-7-12(8-10(4)15)11(5)14(17)18-13(16)9(2)3/h10,15H,2,6-8H2,1,3-5H3. The lowest BCUT2D eigenvalue weighted by molar-refractivity contribution is -0.154. The van der Waals surface area contributed by atoms with E-state index < -0.39 is 18.0 Å². The SMILES string of the molecule is C=C(C)C(=O)OC(=O)C(C)=C(CCC)CC(C)O. The minimum Gasteiger partial charge on any atom is -0.393 e. The molecule has 0 saturated carbocycles. The van der Waals surface area contributed by atoms with Crippen molar-refractivity contribution in [3.8, 4) is 0 Å². The van der Waals surface area contributed by atoms with Gasteiger partial charge in [0.25, 0.3) is 0 Å². The van der Waals surface area contributed by atoms with Crippen molar-refractivity contribution >= 4 is 11.9 Å². The molecule has 0 fully saturated rings. The van der Waals surface area contributed by atoms with E-state index in [0.29, 0.717) is 18.4 Å². The van der Waals surface area contributed by atoms with Gasteiger partial charge in [-0.2, -0.15) is 0 Å². The number of carbonyl (C=O) groups is 2. The molecule has 1 N–H and O–H groups in total. The van der Waals surface area contributed by atoms with Gasteiger partial charge in [0.15, 0.2) is 0 Å². The van der Waals surface area contributed by atoms with E-state index in [1.165, 1.54) is 6.92 Å². The van der Waals surface area contributed by atoms with Crippen LogP contribution in [0.2, 0.25) is 0 Å². The summed E-state index contributed by atoms with van der Waals surface area (Å²) in [6.45, 7) is 10.2. The fraction of sp³-hybridized carbons (Fsp3) is 0.571. The summed E-state index contributed by atoms with van der Waals surface area (Å²) in [6.07, 6.45) is 1.45. The number of carbonyl (C=O) groups excluding carboxylic acids is 2. The maximum atomic E-state index is 11.7. The number of aliphatic hydroxyl groups excluding tert-OH is 1. The molecule has 0 aliphatic rings. The quantitative estimate of drug-likeness (QED) is 0.449. The number of aliphatic hydroxyl groups is 1. The predicted octanol–water partition coefficient (Wildman–Crippen LogP) is 2.52. The molecule has 1 atom stereocenters. The molecule has 0 aliphatic heterocycles. The Morgan fingerprint density at radius 1 is 1.28 bits per heavy atom. The Bertz CT molecular complexity index is 364. The highest BCUT2D eigenvalue weighted by Crippen LogP contribution is 2.18. The molecule has 4 heteroatoms. The van der Waals surface area contributed by atoms with Gasteiger partial charge in [-0.05, 0) is 33.6 Å². The van der Waals surface area contributed by atoms with Crippen LogP contribution in [0.4, 0.5) is 0 Å². The summed E-state index contributed by atoms with van der Waals surface area (Å²) in [5, 5.41) is 9.38. The topological polar surface area (TPSA) is 63.6 Å². The van der Waals surface area contributed by atoms with Crippen LogP contribution in [0.1, 0.15) is 47.0 Å². The molecule has 0 spiro atoms. The van der Waals surface area contributed by atoms with Gasteiger partial charge in [0.05, 0.1) is 6.10 Å². The van der Waals surface area contributed by atoms with E-state index in [-0.39, 0.29) is 5.57 Å². The molecule has 0 bridgehead atoms. The van der Waals surface area contributed by atoms with Crippen molar-refractivity contribution in [3.05, 3.63) is 23.3 Å². The average Bonchev–Trinajstić information content (AvgIpc) is 2.26. The number of esters is 2. The van der Waals surface area contributed by atoms with Gasteiger partial charge in [0.1, 0.15) is 0 Å².